The Labute approximate surface area is 203 Å². The first kappa shape index (κ1) is 22.5. The molecule has 1 amide bonds. The van der Waals surface area contributed by atoms with Crippen molar-refractivity contribution < 1.29 is 9.59 Å². The first-order chi connectivity index (χ1) is 16.3. The monoisotopic (exact) mass is 472 g/mol. The van der Waals surface area contributed by atoms with Crippen LogP contribution in [0.15, 0.2) is 70.9 Å². The van der Waals surface area contributed by atoms with E-state index in [0.717, 1.165) is 39.4 Å². The third kappa shape index (κ3) is 4.05. The van der Waals surface area contributed by atoms with Crippen LogP contribution in [0.5, 0.6) is 0 Å². The lowest BCUT2D eigenvalue weighted by Crippen LogP contribution is -2.37. The van der Waals surface area contributed by atoms with E-state index in [9.17, 15) is 9.59 Å². The van der Waals surface area contributed by atoms with Gasteiger partial charge in [-0.05, 0) is 54.8 Å². The van der Waals surface area contributed by atoms with Crippen LogP contribution in [-0.4, -0.2) is 27.7 Å². The van der Waals surface area contributed by atoms with Crippen LogP contribution in [-0.2, 0) is 4.79 Å². The highest BCUT2D eigenvalue weighted by Gasteiger charge is 2.42. The van der Waals surface area contributed by atoms with Crippen molar-refractivity contribution in [1.29, 1.82) is 0 Å². The number of hydrogen-bond acceptors (Lipinski definition) is 5. The fraction of sp³-hybridized carbons (Fsp3) is 0.296. The van der Waals surface area contributed by atoms with Crippen LogP contribution in [0.2, 0.25) is 0 Å². The van der Waals surface area contributed by atoms with Crippen LogP contribution in [0.25, 0.3) is 0 Å². The summed E-state index contributed by atoms with van der Waals surface area (Å²) in [6, 6.07) is 15.6. The van der Waals surface area contributed by atoms with Gasteiger partial charge in [-0.3, -0.25) is 9.59 Å². The number of nitrogens with zero attached hydrogens (tertiary/aromatic N) is 2. The maximum atomic E-state index is 13.3. The lowest BCUT2D eigenvalue weighted by atomic mass is 9.73. The second-order valence-corrected chi connectivity index (χ2v) is 10.7. The maximum Gasteiger partial charge on any atom is 0.261 e. The van der Waals surface area contributed by atoms with Gasteiger partial charge in [0.1, 0.15) is 17.4 Å². The molecule has 0 fully saturated rings. The molecule has 0 saturated carbocycles. The number of aromatic nitrogens is 2. The van der Waals surface area contributed by atoms with Crippen molar-refractivity contribution in [3.8, 4) is 0 Å². The number of carbonyl (C=O) groups is 2. The number of hydrogen-bond donors (Lipinski definition) is 2. The Morgan fingerprint density at radius 2 is 1.82 bits per heavy atom. The number of benzene rings is 2. The van der Waals surface area contributed by atoms with E-state index in [4.69, 9.17) is 0 Å². The highest BCUT2D eigenvalue weighted by molar-refractivity contribution is 7.98. The van der Waals surface area contributed by atoms with Gasteiger partial charge in [-0.15, -0.1) is 11.8 Å². The minimum absolute atomic E-state index is 0.129. The molecule has 0 bridgehead atoms. The molecule has 1 aliphatic carbocycles. The summed E-state index contributed by atoms with van der Waals surface area (Å²) in [5, 5.41) is 11.0. The number of amides is 1. The SMILES string of the molecule is CSc1ccc([C@H]2C3=C(CC(C)(C)CC3=O)Nc3c(C(=O)Nc4ccc(C)cc4)cnn32)cc1. The van der Waals surface area contributed by atoms with Gasteiger partial charge in [-0.2, -0.15) is 5.10 Å². The van der Waals surface area contributed by atoms with Crippen LogP contribution >= 0.6 is 11.8 Å². The molecule has 0 radical (unpaired) electrons. The Bertz CT molecular complexity index is 1300. The molecule has 2 heterocycles. The van der Waals surface area contributed by atoms with E-state index in [1.165, 1.54) is 0 Å². The van der Waals surface area contributed by atoms with Crippen LogP contribution < -0.4 is 10.6 Å². The summed E-state index contributed by atoms with van der Waals surface area (Å²) in [6.45, 7) is 6.22. The quantitative estimate of drug-likeness (QED) is 0.468. The lowest BCUT2D eigenvalue weighted by molar-refractivity contribution is -0.118. The zero-order valence-corrected chi connectivity index (χ0v) is 20.6. The molecule has 34 heavy (non-hydrogen) atoms. The molecule has 0 unspecified atom stereocenters. The van der Waals surface area contributed by atoms with Crippen LogP contribution in [0.1, 0.15) is 54.2 Å². The highest BCUT2D eigenvalue weighted by Crippen LogP contribution is 2.46. The number of aryl methyl sites for hydroxylation is 1. The molecule has 0 saturated heterocycles. The van der Waals surface area contributed by atoms with Crippen molar-refractivity contribution in [1.82, 2.24) is 9.78 Å². The number of allylic oxidation sites excluding steroid dienone is 2. The Morgan fingerprint density at radius 3 is 2.50 bits per heavy atom. The summed E-state index contributed by atoms with van der Waals surface area (Å²) in [7, 11) is 0. The number of fused-ring (bicyclic) bond motifs is 1. The van der Waals surface area contributed by atoms with E-state index in [2.05, 4.69) is 53.8 Å². The first-order valence-corrected chi connectivity index (χ1v) is 12.6. The minimum Gasteiger partial charge on any atom is -0.343 e. The zero-order valence-electron chi connectivity index (χ0n) is 19.8. The molecular weight excluding hydrogens is 444 g/mol. The number of Topliss-reactive ketones (excluding diaryl/α,β-unsaturated/α-hetero) is 1. The van der Waals surface area contributed by atoms with Crippen LogP contribution in [0.3, 0.4) is 0 Å². The second kappa shape index (κ2) is 8.47. The molecule has 1 atom stereocenters. The molecule has 1 aromatic heterocycles. The number of nitrogens with one attached hydrogen (secondary N) is 2. The molecule has 2 N–H and O–H groups in total. The fourth-order valence-electron chi connectivity index (χ4n) is 4.81. The van der Waals surface area contributed by atoms with E-state index in [-0.39, 0.29) is 23.1 Å². The zero-order chi connectivity index (χ0) is 24.0. The summed E-state index contributed by atoms with van der Waals surface area (Å²) in [4.78, 5) is 27.7. The molecule has 3 aromatic rings. The maximum absolute atomic E-state index is 13.3. The van der Waals surface area contributed by atoms with Gasteiger partial charge in [0.25, 0.3) is 5.91 Å². The Morgan fingerprint density at radius 1 is 1.12 bits per heavy atom. The predicted octanol–water partition coefficient (Wildman–Crippen LogP) is 5.82. The van der Waals surface area contributed by atoms with Crippen molar-refractivity contribution in [3.63, 3.8) is 0 Å². The smallest absolute Gasteiger partial charge is 0.261 e. The van der Waals surface area contributed by atoms with Gasteiger partial charge in [-0.1, -0.05) is 43.7 Å². The Kier molecular flexibility index (Phi) is 5.60. The highest BCUT2D eigenvalue weighted by atomic mass is 32.2. The van der Waals surface area contributed by atoms with E-state index >= 15 is 0 Å². The average Bonchev–Trinajstić information content (AvgIpc) is 3.22. The molecule has 2 aromatic carbocycles. The Balaban J connectivity index is 1.58. The standard InChI is InChI=1S/C27H28N4O2S/c1-16-5-9-18(10-6-16)29-26(33)20-15-28-31-24(17-7-11-19(34-4)12-8-17)23-21(30-25(20)31)13-27(2,3)14-22(23)32/h5-12,15,24,30H,13-14H2,1-4H3,(H,29,33)/t24-/m0/s1. The van der Waals surface area contributed by atoms with Gasteiger partial charge in [0, 0.05) is 28.3 Å². The summed E-state index contributed by atoms with van der Waals surface area (Å²) in [5.41, 5.74) is 4.77. The Hall–Kier alpha value is -3.32. The number of ketones is 1. The van der Waals surface area contributed by atoms with Crippen LogP contribution in [0.4, 0.5) is 11.5 Å². The molecule has 1 aliphatic heterocycles. The number of anilines is 2. The number of rotatable bonds is 4. The second-order valence-electron chi connectivity index (χ2n) is 9.81. The largest absolute Gasteiger partial charge is 0.343 e. The van der Waals surface area contributed by atoms with Gasteiger partial charge in [0.05, 0.1) is 6.20 Å². The summed E-state index contributed by atoms with van der Waals surface area (Å²) >= 11 is 1.68. The lowest BCUT2D eigenvalue weighted by Gasteiger charge is -2.39. The van der Waals surface area contributed by atoms with Gasteiger partial charge < -0.3 is 10.6 Å². The van der Waals surface area contributed by atoms with Crippen molar-refractivity contribution >= 4 is 35.0 Å². The summed E-state index contributed by atoms with van der Waals surface area (Å²) in [5.74, 6) is 0.511. The summed E-state index contributed by atoms with van der Waals surface area (Å²) in [6.07, 6.45) is 4.85. The van der Waals surface area contributed by atoms with Gasteiger partial charge in [-0.25, -0.2) is 4.68 Å². The summed E-state index contributed by atoms with van der Waals surface area (Å²) < 4.78 is 1.78. The van der Waals surface area contributed by atoms with Gasteiger partial charge in [0.15, 0.2) is 5.78 Å². The minimum atomic E-state index is -0.369. The molecule has 5 rings (SSSR count). The van der Waals surface area contributed by atoms with Crippen molar-refractivity contribution in [2.75, 3.05) is 16.9 Å². The van der Waals surface area contributed by atoms with Gasteiger partial charge in [0.2, 0.25) is 0 Å². The average molecular weight is 473 g/mol. The molecule has 6 nitrogen and oxygen atoms in total. The fourth-order valence-corrected chi connectivity index (χ4v) is 5.22. The predicted molar refractivity (Wildman–Crippen MR) is 136 cm³/mol. The van der Waals surface area contributed by atoms with E-state index in [1.54, 1.807) is 22.6 Å². The number of carbonyl (C=O) groups excluding carboxylic acids is 2. The topological polar surface area (TPSA) is 76.0 Å². The molecule has 0 spiro atoms. The van der Waals surface area contributed by atoms with Crippen molar-refractivity contribution in [2.45, 2.75) is 44.6 Å². The van der Waals surface area contributed by atoms with E-state index in [1.807, 2.05) is 37.4 Å². The van der Waals surface area contributed by atoms with E-state index < -0.39 is 0 Å². The first-order valence-electron chi connectivity index (χ1n) is 11.4. The van der Waals surface area contributed by atoms with Crippen molar-refractivity contribution in [2.24, 2.45) is 5.41 Å². The van der Waals surface area contributed by atoms with Crippen LogP contribution in [0, 0.1) is 12.3 Å². The van der Waals surface area contributed by atoms with Gasteiger partial charge >= 0.3 is 0 Å². The van der Waals surface area contributed by atoms with E-state index in [0.29, 0.717) is 17.8 Å². The van der Waals surface area contributed by atoms with Crippen molar-refractivity contribution in [3.05, 3.63) is 82.7 Å². The third-order valence-corrected chi connectivity index (χ3v) is 7.23. The number of thioether (sulfide) groups is 1. The molecular formula is C27H28N4O2S. The molecule has 2 aliphatic rings. The molecule has 7 heteroatoms. The third-order valence-electron chi connectivity index (χ3n) is 6.49. The normalized spacial score (nSPS) is 18.7. The molecule has 174 valence electrons.